The second-order valence-corrected chi connectivity index (χ2v) is 12.8. The molecule has 0 amide bonds. The van der Waals surface area contributed by atoms with Crippen molar-refractivity contribution in [3.63, 3.8) is 0 Å². The van der Waals surface area contributed by atoms with E-state index in [1.54, 1.807) is 0 Å². The maximum Gasteiger partial charge on any atom is 0.200 e. The maximum atomic E-state index is 6.56. The van der Waals surface area contributed by atoms with Crippen LogP contribution >= 0.6 is 11.6 Å². The van der Waals surface area contributed by atoms with Crippen LogP contribution in [-0.4, -0.2) is 20.8 Å². The van der Waals surface area contributed by atoms with E-state index in [4.69, 9.17) is 16.0 Å². The fourth-order valence-corrected chi connectivity index (χ4v) is 9.34. The molecule has 1 nitrogen and oxygen atoms in total. The molecule has 0 aliphatic heterocycles. The normalized spacial score (nSPS) is 12.9. The van der Waals surface area contributed by atoms with Crippen molar-refractivity contribution >= 4 is 19.9 Å². The predicted molar refractivity (Wildman–Crippen MR) is 95.4 cm³/mol. The van der Waals surface area contributed by atoms with Gasteiger partial charge in [0.2, 0.25) is 0 Å². The van der Waals surface area contributed by atoms with Gasteiger partial charge >= 0.3 is 0 Å². The zero-order valence-corrected chi connectivity index (χ0v) is 16.4. The average Bonchev–Trinajstić information content (AvgIpc) is 2.35. The summed E-state index contributed by atoms with van der Waals surface area (Å²) < 4.78 is 6.56. The molecule has 0 radical (unpaired) electrons. The molecule has 0 rings (SSSR count). The Kier molecular flexibility index (Phi) is 11.3. The SMILES string of the molecule is CC(C)[Si](OCCCCCCCCCl)(C(C)C)C(C)C. The van der Waals surface area contributed by atoms with Gasteiger partial charge in [-0.25, -0.2) is 0 Å². The van der Waals surface area contributed by atoms with E-state index in [2.05, 4.69) is 41.5 Å². The molecule has 0 aromatic heterocycles. The van der Waals surface area contributed by atoms with Gasteiger partial charge in [-0.15, -0.1) is 11.6 Å². The maximum absolute atomic E-state index is 6.56. The van der Waals surface area contributed by atoms with Crippen LogP contribution in [0.2, 0.25) is 16.6 Å². The molecule has 0 heterocycles. The van der Waals surface area contributed by atoms with E-state index >= 15 is 0 Å². The van der Waals surface area contributed by atoms with Crippen LogP contribution in [0.3, 0.4) is 0 Å². The Morgan fingerprint density at radius 1 is 0.700 bits per heavy atom. The molecule has 0 N–H and O–H groups in total. The number of hydrogen-bond acceptors (Lipinski definition) is 1. The summed E-state index contributed by atoms with van der Waals surface area (Å²) in [6, 6.07) is 0. The van der Waals surface area contributed by atoms with Crippen LogP contribution in [0.25, 0.3) is 0 Å². The first-order valence-corrected chi connectivity index (χ1v) is 11.3. The number of alkyl halides is 1. The molecule has 0 fully saturated rings. The highest BCUT2D eigenvalue weighted by Gasteiger charge is 2.44. The molecule has 0 bridgehead atoms. The van der Waals surface area contributed by atoms with Crippen molar-refractivity contribution in [2.24, 2.45) is 0 Å². The summed E-state index contributed by atoms with van der Waals surface area (Å²) in [5.41, 5.74) is 2.10. The highest BCUT2D eigenvalue weighted by Crippen LogP contribution is 2.42. The molecule has 0 aromatic rings. The Labute approximate surface area is 133 Å². The monoisotopic (exact) mass is 320 g/mol. The molecule has 122 valence electrons. The molecule has 0 atom stereocenters. The topological polar surface area (TPSA) is 9.23 Å². The minimum absolute atomic E-state index is 0.700. The molecule has 3 heteroatoms. The van der Waals surface area contributed by atoms with E-state index in [1.807, 2.05) is 0 Å². The lowest BCUT2D eigenvalue weighted by molar-refractivity contribution is 0.267. The van der Waals surface area contributed by atoms with Crippen LogP contribution < -0.4 is 0 Å². The Morgan fingerprint density at radius 2 is 1.10 bits per heavy atom. The predicted octanol–water partition coefficient (Wildman–Crippen LogP) is 6.76. The highest BCUT2D eigenvalue weighted by atomic mass is 35.5. The average molecular weight is 321 g/mol. The first kappa shape index (κ1) is 20.5. The third kappa shape index (κ3) is 6.49. The number of unbranched alkanes of at least 4 members (excludes halogenated alkanes) is 5. The van der Waals surface area contributed by atoms with Crippen molar-refractivity contribution in [3.05, 3.63) is 0 Å². The Balaban J connectivity index is 4.04. The molecule has 0 aliphatic rings. The first-order chi connectivity index (χ1) is 9.39. The van der Waals surface area contributed by atoms with Crippen LogP contribution in [0.15, 0.2) is 0 Å². The number of rotatable bonds is 12. The fraction of sp³-hybridized carbons (Fsp3) is 1.00. The number of halogens is 1. The summed E-state index contributed by atoms with van der Waals surface area (Å²) in [4.78, 5) is 0. The van der Waals surface area contributed by atoms with Crippen LogP contribution in [0.4, 0.5) is 0 Å². The quantitative estimate of drug-likeness (QED) is 0.219. The van der Waals surface area contributed by atoms with E-state index < -0.39 is 8.32 Å². The van der Waals surface area contributed by atoms with E-state index in [1.165, 1.54) is 38.5 Å². The summed E-state index contributed by atoms with van der Waals surface area (Å²) in [6.07, 6.45) is 7.64. The van der Waals surface area contributed by atoms with Crippen molar-refractivity contribution < 1.29 is 4.43 Å². The molecule has 0 aromatic carbocycles. The van der Waals surface area contributed by atoms with Gasteiger partial charge in [0.1, 0.15) is 0 Å². The Hall–Kier alpha value is 0.467. The Bertz CT molecular complexity index is 207. The van der Waals surface area contributed by atoms with Gasteiger partial charge in [0.15, 0.2) is 8.32 Å². The fourth-order valence-electron chi connectivity index (χ4n) is 3.65. The minimum atomic E-state index is -1.63. The lowest BCUT2D eigenvalue weighted by Gasteiger charge is -2.42. The highest BCUT2D eigenvalue weighted by molar-refractivity contribution is 6.77. The molecule has 0 unspecified atom stereocenters. The Morgan fingerprint density at radius 3 is 1.50 bits per heavy atom. The summed E-state index contributed by atoms with van der Waals surface area (Å²) in [5.74, 6) is 0.814. The van der Waals surface area contributed by atoms with Crippen LogP contribution in [0.5, 0.6) is 0 Å². The summed E-state index contributed by atoms with van der Waals surface area (Å²) in [6.45, 7) is 15.1. The molecule has 0 aliphatic carbocycles. The molecule has 20 heavy (non-hydrogen) atoms. The van der Waals surface area contributed by atoms with Gasteiger partial charge in [0.05, 0.1) is 0 Å². The van der Waals surface area contributed by atoms with Crippen LogP contribution in [0.1, 0.15) is 80.1 Å². The summed E-state index contributed by atoms with van der Waals surface area (Å²) in [5, 5.41) is 0. The zero-order valence-electron chi connectivity index (χ0n) is 14.7. The van der Waals surface area contributed by atoms with Crippen LogP contribution in [-0.2, 0) is 4.43 Å². The van der Waals surface area contributed by atoms with Crippen LogP contribution in [0, 0.1) is 0 Å². The van der Waals surface area contributed by atoms with Crippen molar-refractivity contribution in [2.75, 3.05) is 12.5 Å². The molecular formula is C17H37ClOSi. The van der Waals surface area contributed by atoms with Gasteiger partial charge in [0.25, 0.3) is 0 Å². The van der Waals surface area contributed by atoms with Crippen molar-refractivity contribution in [1.29, 1.82) is 0 Å². The lowest BCUT2D eigenvalue weighted by atomic mass is 10.1. The third-order valence-corrected chi connectivity index (χ3v) is 11.0. The smallest absolute Gasteiger partial charge is 0.200 e. The van der Waals surface area contributed by atoms with Crippen molar-refractivity contribution in [3.8, 4) is 0 Å². The van der Waals surface area contributed by atoms with E-state index in [0.717, 1.165) is 12.5 Å². The second kappa shape index (κ2) is 11.1. The van der Waals surface area contributed by atoms with E-state index in [-0.39, 0.29) is 0 Å². The number of hydrogen-bond donors (Lipinski definition) is 0. The third-order valence-electron chi connectivity index (χ3n) is 4.59. The minimum Gasteiger partial charge on any atom is -0.416 e. The molecule has 0 saturated carbocycles. The molecular weight excluding hydrogens is 284 g/mol. The van der Waals surface area contributed by atoms with Crippen molar-refractivity contribution in [1.82, 2.24) is 0 Å². The van der Waals surface area contributed by atoms with Gasteiger partial charge in [-0.3, -0.25) is 0 Å². The van der Waals surface area contributed by atoms with Gasteiger partial charge in [0, 0.05) is 12.5 Å². The van der Waals surface area contributed by atoms with Gasteiger partial charge in [-0.05, 0) is 29.5 Å². The first-order valence-electron chi connectivity index (χ1n) is 8.59. The molecule has 0 spiro atoms. The standard InChI is InChI=1S/C17H37ClOSi/c1-15(2)20(16(3)4,17(5)6)19-14-12-10-8-7-9-11-13-18/h15-17H,7-14H2,1-6H3. The van der Waals surface area contributed by atoms with Crippen molar-refractivity contribution in [2.45, 2.75) is 96.7 Å². The van der Waals surface area contributed by atoms with Gasteiger partial charge in [-0.2, -0.15) is 0 Å². The molecule has 0 saturated heterocycles. The summed E-state index contributed by atoms with van der Waals surface area (Å²) >= 11 is 5.69. The zero-order chi connectivity index (χ0) is 15.6. The van der Waals surface area contributed by atoms with E-state index in [9.17, 15) is 0 Å². The summed E-state index contributed by atoms with van der Waals surface area (Å²) in [7, 11) is -1.63. The lowest BCUT2D eigenvalue weighted by Crippen LogP contribution is -2.47. The second-order valence-electron chi connectivity index (χ2n) is 6.98. The van der Waals surface area contributed by atoms with Gasteiger partial charge in [-0.1, -0.05) is 67.2 Å². The van der Waals surface area contributed by atoms with E-state index in [0.29, 0.717) is 16.6 Å². The van der Waals surface area contributed by atoms with Gasteiger partial charge < -0.3 is 4.43 Å². The largest absolute Gasteiger partial charge is 0.416 e.